The maximum absolute atomic E-state index is 13.2. The van der Waals surface area contributed by atoms with Crippen LogP contribution in [-0.4, -0.2) is 140 Å². The van der Waals surface area contributed by atoms with E-state index < -0.39 is 86.8 Å². The van der Waals surface area contributed by atoms with Gasteiger partial charge in [-0.1, -0.05) is 166 Å². The van der Waals surface area contributed by atoms with E-state index in [1.54, 1.807) is 0 Å². The van der Waals surface area contributed by atoms with Crippen molar-refractivity contribution in [3.8, 4) is 0 Å². The Morgan fingerprint density at radius 1 is 0.578 bits per heavy atom. The van der Waals surface area contributed by atoms with E-state index in [0.717, 1.165) is 77.0 Å². The van der Waals surface area contributed by atoms with Crippen LogP contribution in [-0.2, 0) is 23.7 Å². The average Bonchev–Trinajstić information content (AvgIpc) is 3.29. The summed E-state index contributed by atoms with van der Waals surface area (Å²) in [4.78, 5) is 13.2. The lowest BCUT2D eigenvalue weighted by molar-refractivity contribution is -0.359. The number of aliphatic hydroxyl groups excluding tert-OH is 8. The Kier molecular flexibility index (Phi) is 33.9. The second-order valence-corrected chi connectivity index (χ2v) is 17.9. The molecule has 1 amide bonds. The van der Waals surface area contributed by atoms with Gasteiger partial charge in [0.1, 0.15) is 48.8 Å². The van der Waals surface area contributed by atoms with Crippen LogP contribution in [0.15, 0.2) is 36.5 Å². The van der Waals surface area contributed by atoms with Crippen molar-refractivity contribution in [3.63, 3.8) is 0 Å². The van der Waals surface area contributed by atoms with E-state index in [1.807, 2.05) is 0 Å². The second-order valence-electron chi connectivity index (χ2n) is 17.9. The van der Waals surface area contributed by atoms with E-state index in [9.17, 15) is 45.6 Å². The number of ether oxygens (including phenoxy) is 4. The van der Waals surface area contributed by atoms with Gasteiger partial charge in [0.15, 0.2) is 12.6 Å². The molecular formula is C50H91NO13. The predicted octanol–water partition coefficient (Wildman–Crippen LogP) is 6.32. The largest absolute Gasteiger partial charge is 0.394 e. The van der Waals surface area contributed by atoms with Crippen molar-refractivity contribution >= 4 is 5.91 Å². The summed E-state index contributed by atoms with van der Waals surface area (Å²) in [5.74, 6) is -0.225. The minimum absolute atomic E-state index is 0.225. The fourth-order valence-electron chi connectivity index (χ4n) is 8.25. The highest BCUT2D eigenvalue weighted by atomic mass is 16.7. The highest BCUT2D eigenvalue weighted by Crippen LogP contribution is 2.30. The number of carbonyl (C=O) groups excluding carboxylic acids is 1. The van der Waals surface area contributed by atoms with Crippen LogP contribution in [0.25, 0.3) is 0 Å². The Morgan fingerprint density at radius 2 is 1.08 bits per heavy atom. The van der Waals surface area contributed by atoms with Crippen LogP contribution in [0, 0.1) is 0 Å². The van der Waals surface area contributed by atoms with E-state index in [4.69, 9.17) is 18.9 Å². The Morgan fingerprint density at radius 3 is 1.66 bits per heavy atom. The molecule has 2 heterocycles. The number of hydrogen-bond acceptors (Lipinski definition) is 13. The molecule has 2 aliphatic heterocycles. The van der Waals surface area contributed by atoms with Crippen molar-refractivity contribution < 1.29 is 64.6 Å². The van der Waals surface area contributed by atoms with Crippen LogP contribution < -0.4 is 5.32 Å². The molecule has 12 unspecified atom stereocenters. The molecule has 374 valence electrons. The monoisotopic (exact) mass is 914 g/mol. The average molecular weight is 914 g/mol. The molecule has 14 nitrogen and oxygen atoms in total. The number of aliphatic hydroxyl groups is 8. The van der Waals surface area contributed by atoms with Gasteiger partial charge in [-0.05, 0) is 44.9 Å². The topological polar surface area (TPSA) is 228 Å². The number of carbonyl (C=O) groups is 1. The van der Waals surface area contributed by atoms with E-state index in [1.165, 1.54) is 70.6 Å². The molecule has 0 bridgehead atoms. The Labute approximate surface area is 385 Å². The van der Waals surface area contributed by atoms with Gasteiger partial charge in [0.25, 0.3) is 0 Å². The molecule has 0 radical (unpaired) electrons. The maximum atomic E-state index is 13.2. The summed E-state index contributed by atoms with van der Waals surface area (Å²) >= 11 is 0. The summed E-state index contributed by atoms with van der Waals surface area (Å²) in [6, 6.07) is -0.836. The van der Waals surface area contributed by atoms with Crippen molar-refractivity contribution in [3.05, 3.63) is 36.5 Å². The standard InChI is InChI=1S/C50H91NO13/c1-3-5-7-9-11-13-15-17-19-21-23-25-27-29-31-33-39(54)38(51-42(55)34-32-30-28-26-24-22-20-18-16-14-12-10-8-6-4-2)37-61-49-47(60)45(58)48(41(36-53)63-49)64-50-46(59)44(57)43(56)40(35-52)62-50/h6,8,12,14,18,20,38-41,43-50,52-54,56-60H,3-5,7,9-11,13,15-17,19,21-37H2,1-2H3,(H,51,55)/b8-6-,14-12-,20-18-. The van der Waals surface area contributed by atoms with Crippen LogP contribution in [0.1, 0.15) is 181 Å². The van der Waals surface area contributed by atoms with Crippen molar-refractivity contribution in [2.75, 3.05) is 19.8 Å². The van der Waals surface area contributed by atoms with Gasteiger partial charge in [-0.3, -0.25) is 4.79 Å². The van der Waals surface area contributed by atoms with E-state index in [-0.39, 0.29) is 18.9 Å². The highest BCUT2D eigenvalue weighted by molar-refractivity contribution is 5.76. The van der Waals surface area contributed by atoms with Gasteiger partial charge in [0.2, 0.25) is 5.91 Å². The quantitative estimate of drug-likeness (QED) is 0.0244. The lowest BCUT2D eigenvalue weighted by Gasteiger charge is -2.46. The first-order valence-corrected chi connectivity index (χ1v) is 25.2. The molecule has 0 saturated carbocycles. The highest BCUT2D eigenvalue weighted by Gasteiger charge is 2.51. The van der Waals surface area contributed by atoms with Gasteiger partial charge in [-0.2, -0.15) is 0 Å². The molecule has 2 aliphatic rings. The lowest BCUT2D eigenvalue weighted by Crippen LogP contribution is -2.65. The van der Waals surface area contributed by atoms with Crippen molar-refractivity contribution in [2.24, 2.45) is 0 Å². The van der Waals surface area contributed by atoms with Gasteiger partial charge in [0, 0.05) is 6.42 Å². The second kappa shape index (κ2) is 37.2. The van der Waals surface area contributed by atoms with Crippen LogP contribution in [0.5, 0.6) is 0 Å². The van der Waals surface area contributed by atoms with Crippen molar-refractivity contribution in [2.45, 2.75) is 254 Å². The zero-order valence-corrected chi connectivity index (χ0v) is 39.5. The summed E-state index contributed by atoms with van der Waals surface area (Å²) in [6.45, 7) is 2.72. The number of hydrogen-bond donors (Lipinski definition) is 9. The van der Waals surface area contributed by atoms with Crippen LogP contribution in [0.2, 0.25) is 0 Å². The summed E-state index contributed by atoms with van der Waals surface area (Å²) in [6.07, 6.45) is 24.3. The Bertz CT molecular complexity index is 1220. The van der Waals surface area contributed by atoms with E-state index >= 15 is 0 Å². The van der Waals surface area contributed by atoms with Gasteiger partial charge >= 0.3 is 0 Å². The first kappa shape index (κ1) is 58.3. The lowest BCUT2D eigenvalue weighted by atomic mass is 9.97. The summed E-state index contributed by atoms with van der Waals surface area (Å²) < 4.78 is 22.7. The molecule has 2 fully saturated rings. The van der Waals surface area contributed by atoms with E-state index in [0.29, 0.717) is 12.8 Å². The molecule has 2 rings (SSSR count). The molecule has 14 heteroatoms. The first-order chi connectivity index (χ1) is 31.1. The zero-order chi connectivity index (χ0) is 46.8. The third-order valence-electron chi connectivity index (χ3n) is 12.4. The molecule has 2 saturated heterocycles. The van der Waals surface area contributed by atoms with Gasteiger partial charge < -0.3 is 65.1 Å². The number of rotatable bonds is 38. The molecular weight excluding hydrogens is 823 g/mol. The van der Waals surface area contributed by atoms with Crippen molar-refractivity contribution in [1.82, 2.24) is 5.32 Å². The minimum Gasteiger partial charge on any atom is -0.394 e. The van der Waals surface area contributed by atoms with E-state index in [2.05, 4.69) is 55.6 Å². The van der Waals surface area contributed by atoms with Gasteiger partial charge in [-0.25, -0.2) is 0 Å². The van der Waals surface area contributed by atoms with Gasteiger partial charge in [0.05, 0.1) is 32.0 Å². The summed E-state index contributed by atoms with van der Waals surface area (Å²) in [5, 5.41) is 86.8. The van der Waals surface area contributed by atoms with Crippen LogP contribution >= 0.6 is 0 Å². The van der Waals surface area contributed by atoms with Crippen LogP contribution in [0.4, 0.5) is 0 Å². The molecule has 64 heavy (non-hydrogen) atoms. The fraction of sp³-hybridized carbons (Fsp3) is 0.860. The molecule has 0 aromatic heterocycles. The molecule has 0 spiro atoms. The summed E-state index contributed by atoms with van der Waals surface area (Å²) in [5.41, 5.74) is 0. The van der Waals surface area contributed by atoms with Crippen molar-refractivity contribution in [1.29, 1.82) is 0 Å². The summed E-state index contributed by atoms with van der Waals surface area (Å²) in [7, 11) is 0. The third kappa shape index (κ3) is 24.3. The molecule has 9 N–H and O–H groups in total. The Hall–Kier alpha value is -1.79. The normalized spacial score (nSPS) is 27.5. The molecule has 0 aliphatic carbocycles. The number of unbranched alkanes of at least 4 members (excludes halogenated alkanes) is 19. The number of nitrogens with one attached hydrogen (secondary N) is 1. The number of allylic oxidation sites excluding steroid dienone is 6. The Balaban J connectivity index is 1.85. The smallest absolute Gasteiger partial charge is 0.220 e. The fourth-order valence-corrected chi connectivity index (χ4v) is 8.25. The number of amides is 1. The predicted molar refractivity (Wildman–Crippen MR) is 249 cm³/mol. The maximum Gasteiger partial charge on any atom is 0.220 e. The van der Waals surface area contributed by atoms with Gasteiger partial charge in [-0.15, -0.1) is 0 Å². The minimum atomic E-state index is -1.78. The SMILES string of the molecule is CC/C=C\C/C=C\C/C=C\CCCCCCCC(=O)NC(COC1OC(CO)C(OC2OC(CO)C(O)C(O)C2O)C(O)C1O)C(O)CCCCCCCCCCCCCCCCC. The third-order valence-corrected chi connectivity index (χ3v) is 12.4. The molecule has 0 aromatic rings. The first-order valence-electron chi connectivity index (χ1n) is 25.2. The van der Waals surface area contributed by atoms with Crippen LogP contribution in [0.3, 0.4) is 0 Å². The zero-order valence-electron chi connectivity index (χ0n) is 39.5. The molecule has 0 aromatic carbocycles. The molecule has 12 atom stereocenters.